The van der Waals surface area contributed by atoms with Crippen LogP contribution in [0.4, 0.5) is 0 Å². The molecule has 0 saturated carbocycles. The molecule has 0 amide bonds. The van der Waals surface area contributed by atoms with Crippen molar-refractivity contribution in [2.75, 3.05) is 0 Å². The third kappa shape index (κ3) is 2.97. The Morgan fingerprint density at radius 3 is 2.10 bits per heavy atom. The minimum Gasteiger partial charge on any atom is -0.310 e. The number of hydrogen-bond acceptors (Lipinski definition) is 2. The van der Waals surface area contributed by atoms with Crippen LogP contribution in [-0.2, 0) is 6.42 Å². The molecule has 4 aromatic carbocycles. The molecule has 0 bridgehead atoms. The molecule has 3 nitrogen and oxygen atoms in total. The first-order valence-corrected chi connectivity index (χ1v) is 14.4. The maximum Gasteiger partial charge on any atom is 0.0825 e. The van der Waals surface area contributed by atoms with E-state index in [1.807, 2.05) is 23.7 Å². The molecule has 0 radical (unpaired) electrons. The molecular formula is C36H23N3S. The van der Waals surface area contributed by atoms with E-state index in [1.165, 1.54) is 69.8 Å². The maximum absolute atomic E-state index is 4.79. The summed E-state index contributed by atoms with van der Waals surface area (Å²) < 4.78 is 7.33. The molecule has 0 atom stereocenters. The standard InChI is InChI=1S/C36H23N3S/c1-2-10-24-25-11-4-7-15-31(25)38(30(24)14-3-1)23-18-19-35-28(20-23)29-21-37-22-34(36(29)40-35)39-32-16-8-5-12-26(32)27-13-6-9-17-33(27)39/h1-9,11-22H,10H2. The first-order valence-electron chi connectivity index (χ1n) is 13.6. The van der Waals surface area contributed by atoms with Crippen molar-refractivity contribution in [1.29, 1.82) is 0 Å². The molecular weight excluding hydrogens is 506 g/mol. The van der Waals surface area contributed by atoms with Crippen LogP contribution in [0.1, 0.15) is 11.3 Å². The molecule has 0 aliphatic heterocycles. The van der Waals surface area contributed by atoms with Crippen molar-refractivity contribution >= 4 is 70.3 Å². The van der Waals surface area contributed by atoms with E-state index in [-0.39, 0.29) is 0 Å². The second-order valence-electron chi connectivity index (χ2n) is 10.4. The van der Waals surface area contributed by atoms with E-state index in [1.54, 1.807) is 0 Å². The topological polar surface area (TPSA) is 22.8 Å². The lowest BCUT2D eigenvalue weighted by Crippen LogP contribution is -1.97. The molecule has 0 fully saturated rings. The summed E-state index contributed by atoms with van der Waals surface area (Å²) in [5, 5.41) is 6.29. The Morgan fingerprint density at radius 1 is 0.625 bits per heavy atom. The summed E-state index contributed by atoms with van der Waals surface area (Å²) in [4.78, 5) is 4.79. The van der Waals surface area contributed by atoms with Crippen LogP contribution in [0.15, 0.2) is 122 Å². The maximum atomic E-state index is 4.79. The zero-order valence-corrected chi connectivity index (χ0v) is 22.4. The van der Waals surface area contributed by atoms with Crippen molar-refractivity contribution in [2.24, 2.45) is 0 Å². The Kier molecular flexibility index (Phi) is 4.54. The molecule has 9 rings (SSSR count). The SMILES string of the molecule is C1=CCc2c(n(-c3ccc4sc5c(-n6c7ccccc7c7ccccc76)cncc5c4c3)c3ccccc23)C=C1. The third-order valence-electron chi connectivity index (χ3n) is 8.27. The average molecular weight is 530 g/mol. The largest absolute Gasteiger partial charge is 0.310 e. The molecule has 1 aliphatic carbocycles. The van der Waals surface area contributed by atoms with Crippen LogP contribution < -0.4 is 0 Å². The molecule has 0 N–H and O–H groups in total. The highest BCUT2D eigenvalue weighted by Crippen LogP contribution is 2.41. The number of fused-ring (bicyclic) bond motifs is 9. The number of rotatable bonds is 2. The first-order chi connectivity index (χ1) is 19.9. The fraction of sp³-hybridized carbons (Fsp3) is 0.0278. The lowest BCUT2D eigenvalue weighted by atomic mass is 10.1. The van der Waals surface area contributed by atoms with Crippen LogP contribution >= 0.6 is 11.3 Å². The zero-order valence-electron chi connectivity index (χ0n) is 21.6. The summed E-state index contributed by atoms with van der Waals surface area (Å²) in [6.07, 6.45) is 13.8. The number of aromatic nitrogens is 3. The minimum atomic E-state index is 0.936. The van der Waals surface area contributed by atoms with Crippen LogP contribution in [0.5, 0.6) is 0 Å². The van der Waals surface area contributed by atoms with Crippen LogP contribution in [-0.4, -0.2) is 14.1 Å². The predicted molar refractivity (Wildman–Crippen MR) is 170 cm³/mol. The van der Waals surface area contributed by atoms with Crippen LogP contribution in [0.2, 0.25) is 0 Å². The predicted octanol–water partition coefficient (Wildman–Crippen LogP) is 9.62. The zero-order chi connectivity index (χ0) is 26.2. The van der Waals surface area contributed by atoms with Gasteiger partial charge < -0.3 is 9.13 Å². The van der Waals surface area contributed by atoms with Gasteiger partial charge in [0.25, 0.3) is 0 Å². The number of benzene rings is 4. The molecule has 8 aromatic rings. The monoisotopic (exact) mass is 529 g/mol. The summed E-state index contributed by atoms with van der Waals surface area (Å²) in [5.74, 6) is 0. The van der Waals surface area contributed by atoms with Crippen molar-refractivity contribution in [1.82, 2.24) is 14.1 Å². The van der Waals surface area contributed by atoms with Gasteiger partial charge in [-0.25, -0.2) is 0 Å². The molecule has 0 unspecified atom stereocenters. The lowest BCUT2D eigenvalue weighted by Gasteiger charge is -2.10. The summed E-state index contributed by atoms with van der Waals surface area (Å²) in [5.41, 5.74) is 8.61. The molecule has 1 aliphatic rings. The normalized spacial score (nSPS) is 13.2. The number of allylic oxidation sites excluding steroid dienone is 3. The average Bonchev–Trinajstić information content (AvgIpc) is 3.57. The van der Waals surface area contributed by atoms with Crippen molar-refractivity contribution in [3.63, 3.8) is 0 Å². The van der Waals surface area contributed by atoms with E-state index in [0.29, 0.717) is 0 Å². The van der Waals surface area contributed by atoms with Gasteiger partial charge in [-0.2, -0.15) is 0 Å². The van der Waals surface area contributed by atoms with E-state index >= 15 is 0 Å². The Balaban J connectivity index is 1.32. The molecule has 4 heteroatoms. The van der Waals surface area contributed by atoms with Crippen molar-refractivity contribution in [3.8, 4) is 11.4 Å². The highest BCUT2D eigenvalue weighted by atomic mass is 32.1. The third-order valence-corrected chi connectivity index (χ3v) is 9.47. The molecule has 0 spiro atoms. The van der Waals surface area contributed by atoms with E-state index < -0.39 is 0 Å². The molecule has 4 aromatic heterocycles. The fourth-order valence-electron chi connectivity index (χ4n) is 6.55. The number of thiophene rings is 1. The Morgan fingerprint density at radius 2 is 1.32 bits per heavy atom. The van der Waals surface area contributed by atoms with Crippen molar-refractivity contribution in [3.05, 3.63) is 133 Å². The molecule has 4 heterocycles. The smallest absolute Gasteiger partial charge is 0.0825 e. The summed E-state index contributed by atoms with van der Waals surface area (Å²) in [7, 11) is 0. The van der Waals surface area contributed by atoms with Crippen molar-refractivity contribution < 1.29 is 0 Å². The van der Waals surface area contributed by atoms with Gasteiger partial charge in [-0.15, -0.1) is 11.3 Å². The van der Waals surface area contributed by atoms with Gasteiger partial charge in [0.15, 0.2) is 0 Å². The lowest BCUT2D eigenvalue weighted by molar-refractivity contribution is 1.09. The fourth-order valence-corrected chi connectivity index (χ4v) is 7.71. The number of nitrogens with zero attached hydrogens (tertiary/aromatic N) is 3. The second kappa shape index (κ2) is 8.28. The summed E-state index contributed by atoms with van der Waals surface area (Å²) in [6.45, 7) is 0. The minimum absolute atomic E-state index is 0.936. The van der Waals surface area contributed by atoms with E-state index in [0.717, 1.165) is 12.1 Å². The molecule has 0 saturated heterocycles. The summed E-state index contributed by atoms with van der Waals surface area (Å²) in [6, 6.07) is 33.0. The number of pyridine rings is 1. The Bertz CT molecular complexity index is 2310. The van der Waals surface area contributed by atoms with Crippen LogP contribution in [0, 0.1) is 0 Å². The van der Waals surface area contributed by atoms with Gasteiger partial charge in [-0.3, -0.25) is 4.98 Å². The number of hydrogen-bond donors (Lipinski definition) is 0. The van der Waals surface area contributed by atoms with Gasteiger partial charge in [0.1, 0.15) is 0 Å². The Labute approximate surface area is 234 Å². The highest BCUT2D eigenvalue weighted by molar-refractivity contribution is 7.26. The van der Waals surface area contributed by atoms with Gasteiger partial charge in [0.2, 0.25) is 0 Å². The quantitative estimate of drug-likeness (QED) is 0.219. The van der Waals surface area contributed by atoms with Gasteiger partial charge in [0.05, 0.1) is 38.8 Å². The first kappa shape index (κ1) is 21.9. The van der Waals surface area contributed by atoms with Gasteiger partial charge in [0, 0.05) is 43.5 Å². The summed E-state index contributed by atoms with van der Waals surface area (Å²) >= 11 is 1.85. The highest BCUT2D eigenvalue weighted by Gasteiger charge is 2.19. The van der Waals surface area contributed by atoms with Gasteiger partial charge in [-0.1, -0.05) is 72.8 Å². The van der Waals surface area contributed by atoms with Crippen LogP contribution in [0.3, 0.4) is 0 Å². The van der Waals surface area contributed by atoms with Crippen molar-refractivity contribution in [2.45, 2.75) is 6.42 Å². The number of para-hydroxylation sites is 3. The van der Waals surface area contributed by atoms with E-state index in [4.69, 9.17) is 4.98 Å². The van der Waals surface area contributed by atoms with E-state index in [9.17, 15) is 0 Å². The van der Waals surface area contributed by atoms with E-state index in [2.05, 4.69) is 124 Å². The van der Waals surface area contributed by atoms with Gasteiger partial charge >= 0.3 is 0 Å². The van der Waals surface area contributed by atoms with Gasteiger partial charge in [-0.05, 0) is 54.5 Å². The molecule has 188 valence electrons. The molecule has 40 heavy (non-hydrogen) atoms. The second-order valence-corrected chi connectivity index (χ2v) is 11.4. The van der Waals surface area contributed by atoms with Crippen LogP contribution in [0.25, 0.3) is 70.3 Å². The Hall–Kier alpha value is -4.93.